The number of fused-ring (bicyclic) bond motifs is 5. The molecule has 0 radical (unpaired) electrons. The minimum Gasteiger partial charge on any atom is -0.493 e. The highest BCUT2D eigenvalue weighted by Crippen LogP contribution is 2.59. The third-order valence-electron chi connectivity index (χ3n) is 6.73. The third-order valence-corrected chi connectivity index (χ3v) is 6.73. The van der Waals surface area contributed by atoms with Gasteiger partial charge in [-0.2, -0.15) is 0 Å². The van der Waals surface area contributed by atoms with Crippen LogP contribution < -0.4 is 9.47 Å². The summed E-state index contributed by atoms with van der Waals surface area (Å²) in [5.74, 6) is 3.41. The van der Waals surface area contributed by atoms with Gasteiger partial charge in [-0.3, -0.25) is 0 Å². The van der Waals surface area contributed by atoms with Crippen LogP contribution in [0, 0.1) is 11.3 Å². The molecule has 0 saturated heterocycles. The monoisotopic (exact) mass is 328 g/mol. The fourth-order valence-corrected chi connectivity index (χ4v) is 5.68. The smallest absolute Gasteiger partial charge is 0.164 e. The summed E-state index contributed by atoms with van der Waals surface area (Å²) in [7, 11) is 3.37. The van der Waals surface area contributed by atoms with Gasteiger partial charge in [0.15, 0.2) is 11.5 Å². The largest absolute Gasteiger partial charge is 0.493 e. The standard InChI is InChI=1S/C21H28O3/c1-20(2)9-6-10-21(3)18(20)8-7-14-19(21)13-11-16(22-4)17(23-5)12-15(13)24-14/h11-12,18H,6-10H2,1-5H3/t18-,21-/m0/s1. The number of rotatable bonds is 2. The first-order valence-corrected chi connectivity index (χ1v) is 9.08. The Bertz CT molecular complexity index is 786. The second-order valence-electron chi connectivity index (χ2n) is 8.45. The first-order chi connectivity index (χ1) is 11.4. The van der Waals surface area contributed by atoms with Gasteiger partial charge < -0.3 is 13.9 Å². The van der Waals surface area contributed by atoms with Gasteiger partial charge in [0.25, 0.3) is 0 Å². The maximum atomic E-state index is 6.28. The second kappa shape index (κ2) is 5.18. The molecule has 0 aliphatic heterocycles. The van der Waals surface area contributed by atoms with Crippen molar-refractivity contribution in [1.82, 2.24) is 0 Å². The van der Waals surface area contributed by atoms with Gasteiger partial charge in [0.1, 0.15) is 11.3 Å². The van der Waals surface area contributed by atoms with Gasteiger partial charge in [-0.15, -0.1) is 0 Å². The Hall–Kier alpha value is -1.64. The van der Waals surface area contributed by atoms with Crippen molar-refractivity contribution >= 4 is 11.0 Å². The van der Waals surface area contributed by atoms with Crippen LogP contribution in [0.2, 0.25) is 0 Å². The molecule has 0 amide bonds. The lowest BCUT2D eigenvalue weighted by Crippen LogP contribution is -2.47. The summed E-state index contributed by atoms with van der Waals surface area (Å²) in [4.78, 5) is 0. The van der Waals surface area contributed by atoms with Crippen LogP contribution in [0.3, 0.4) is 0 Å². The zero-order chi connectivity index (χ0) is 17.1. The molecule has 0 bridgehead atoms. The summed E-state index contributed by atoms with van der Waals surface area (Å²) in [6.07, 6.45) is 6.13. The van der Waals surface area contributed by atoms with E-state index in [1.54, 1.807) is 14.2 Å². The Morgan fingerprint density at radius 1 is 1.04 bits per heavy atom. The van der Waals surface area contributed by atoms with Crippen LogP contribution in [0.5, 0.6) is 11.5 Å². The number of hydrogen-bond donors (Lipinski definition) is 0. The number of furan rings is 1. The summed E-state index contributed by atoms with van der Waals surface area (Å²) in [5.41, 5.74) is 2.95. The first-order valence-electron chi connectivity index (χ1n) is 9.08. The van der Waals surface area contributed by atoms with Crippen LogP contribution in [0.15, 0.2) is 16.5 Å². The molecule has 3 heteroatoms. The molecule has 1 aromatic carbocycles. The van der Waals surface area contributed by atoms with Gasteiger partial charge in [-0.1, -0.05) is 27.2 Å². The molecule has 0 spiro atoms. The normalized spacial score (nSPS) is 28.3. The van der Waals surface area contributed by atoms with E-state index < -0.39 is 0 Å². The van der Waals surface area contributed by atoms with Gasteiger partial charge >= 0.3 is 0 Å². The van der Waals surface area contributed by atoms with Gasteiger partial charge in [0.05, 0.1) is 14.2 Å². The Morgan fingerprint density at radius 2 is 1.75 bits per heavy atom. The lowest BCUT2D eigenvalue weighted by atomic mass is 9.51. The fourth-order valence-electron chi connectivity index (χ4n) is 5.68. The number of benzene rings is 1. The number of ether oxygens (including phenoxy) is 2. The molecule has 2 atom stereocenters. The van der Waals surface area contributed by atoms with Crippen molar-refractivity contribution in [3.63, 3.8) is 0 Å². The minimum absolute atomic E-state index is 0.195. The zero-order valence-electron chi connectivity index (χ0n) is 15.5. The van der Waals surface area contributed by atoms with E-state index >= 15 is 0 Å². The Kier molecular flexibility index (Phi) is 3.42. The van der Waals surface area contributed by atoms with Gasteiger partial charge in [-0.25, -0.2) is 0 Å². The molecular weight excluding hydrogens is 300 g/mol. The lowest BCUT2D eigenvalue weighted by Gasteiger charge is -2.53. The van der Waals surface area contributed by atoms with Gasteiger partial charge in [0.2, 0.25) is 0 Å². The summed E-state index contributed by atoms with van der Waals surface area (Å²) in [6.45, 7) is 7.36. The van der Waals surface area contributed by atoms with Crippen molar-refractivity contribution in [2.24, 2.45) is 11.3 Å². The third kappa shape index (κ3) is 2.03. The highest BCUT2D eigenvalue weighted by molar-refractivity contribution is 5.87. The second-order valence-corrected chi connectivity index (χ2v) is 8.45. The SMILES string of the molecule is COc1cc2oc3c(c2cc1OC)[C@@]1(C)CCCC(C)(C)[C@@H]1CC3. The predicted octanol–water partition coefficient (Wildman–Crippen LogP) is 5.48. The van der Waals surface area contributed by atoms with Crippen LogP contribution in [-0.4, -0.2) is 14.2 Å². The average molecular weight is 328 g/mol. The Morgan fingerprint density at radius 3 is 2.46 bits per heavy atom. The van der Waals surface area contributed by atoms with Crippen molar-refractivity contribution < 1.29 is 13.9 Å². The highest BCUT2D eigenvalue weighted by atomic mass is 16.5. The quantitative estimate of drug-likeness (QED) is 0.731. The van der Waals surface area contributed by atoms with Crippen molar-refractivity contribution in [3.05, 3.63) is 23.5 Å². The molecule has 1 saturated carbocycles. The van der Waals surface area contributed by atoms with E-state index in [0.717, 1.165) is 23.5 Å². The van der Waals surface area contributed by atoms with Crippen LogP contribution in [0.4, 0.5) is 0 Å². The van der Waals surface area contributed by atoms with Gasteiger partial charge in [-0.05, 0) is 42.1 Å². The summed E-state index contributed by atoms with van der Waals surface area (Å²) in [5, 5.41) is 1.22. The molecule has 1 aromatic heterocycles. The van der Waals surface area contributed by atoms with Crippen molar-refractivity contribution in [2.75, 3.05) is 14.2 Å². The maximum absolute atomic E-state index is 6.28. The highest BCUT2D eigenvalue weighted by Gasteiger charge is 2.51. The van der Waals surface area contributed by atoms with Crippen LogP contribution >= 0.6 is 0 Å². The molecule has 2 aliphatic carbocycles. The van der Waals surface area contributed by atoms with Crippen LogP contribution in [0.25, 0.3) is 11.0 Å². The minimum atomic E-state index is 0.195. The lowest BCUT2D eigenvalue weighted by molar-refractivity contribution is 0.0387. The van der Waals surface area contributed by atoms with Crippen molar-refractivity contribution in [1.29, 1.82) is 0 Å². The average Bonchev–Trinajstić information content (AvgIpc) is 2.91. The summed E-state index contributed by atoms with van der Waals surface area (Å²) >= 11 is 0. The molecule has 3 nitrogen and oxygen atoms in total. The summed E-state index contributed by atoms with van der Waals surface area (Å²) in [6, 6.07) is 4.10. The van der Waals surface area contributed by atoms with E-state index in [4.69, 9.17) is 13.9 Å². The molecule has 130 valence electrons. The van der Waals surface area contributed by atoms with Gasteiger partial charge in [0, 0.05) is 23.4 Å². The van der Waals surface area contributed by atoms with Crippen molar-refractivity contribution in [2.45, 2.75) is 58.3 Å². The Labute approximate surface area is 144 Å². The molecule has 1 heterocycles. The topological polar surface area (TPSA) is 31.6 Å². The molecule has 4 rings (SSSR count). The van der Waals surface area contributed by atoms with E-state index in [1.807, 2.05) is 6.07 Å². The molecule has 2 aliphatic rings. The number of aryl methyl sites for hydroxylation is 1. The molecule has 0 unspecified atom stereocenters. The van der Waals surface area contributed by atoms with E-state index in [9.17, 15) is 0 Å². The van der Waals surface area contributed by atoms with E-state index in [2.05, 4.69) is 26.8 Å². The molecule has 2 aromatic rings. The molecule has 1 fully saturated rings. The van der Waals surface area contributed by atoms with E-state index in [-0.39, 0.29) is 5.41 Å². The van der Waals surface area contributed by atoms with Crippen LogP contribution in [0.1, 0.15) is 57.8 Å². The van der Waals surface area contributed by atoms with E-state index in [1.165, 1.54) is 42.4 Å². The zero-order valence-corrected chi connectivity index (χ0v) is 15.5. The maximum Gasteiger partial charge on any atom is 0.164 e. The molecular formula is C21H28O3. The summed E-state index contributed by atoms with van der Waals surface area (Å²) < 4.78 is 17.3. The first kappa shape index (κ1) is 15.9. The molecule has 24 heavy (non-hydrogen) atoms. The van der Waals surface area contributed by atoms with Crippen molar-refractivity contribution in [3.8, 4) is 11.5 Å². The number of methoxy groups -OCH3 is 2. The fraction of sp³-hybridized carbons (Fsp3) is 0.619. The van der Waals surface area contributed by atoms with Crippen LogP contribution in [-0.2, 0) is 11.8 Å². The number of hydrogen-bond acceptors (Lipinski definition) is 3. The Balaban J connectivity index is 1.96. The predicted molar refractivity (Wildman–Crippen MR) is 96.1 cm³/mol. The molecule has 0 N–H and O–H groups in total. The van der Waals surface area contributed by atoms with E-state index in [0.29, 0.717) is 11.3 Å².